The number of carboxylic acid groups (broad SMARTS) is 1. The van der Waals surface area contributed by atoms with Crippen LogP contribution >= 0.6 is 31.9 Å². The summed E-state index contributed by atoms with van der Waals surface area (Å²) in [5.41, 5.74) is 0.488. The minimum Gasteiger partial charge on any atom is -0.506 e. The van der Waals surface area contributed by atoms with Gasteiger partial charge >= 0.3 is 54.6 Å². The van der Waals surface area contributed by atoms with Crippen LogP contribution in [0.25, 0.3) is 53.3 Å². The highest BCUT2D eigenvalue weighted by atomic mass is 79.9. The molecule has 0 radical (unpaired) electrons. The lowest BCUT2D eigenvalue weighted by Crippen LogP contribution is -2.41. The van der Waals surface area contributed by atoms with E-state index in [4.69, 9.17) is 42.9 Å². The first-order chi connectivity index (χ1) is 68.2. The lowest BCUT2D eigenvalue weighted by Gasteiger charge is -2.37. The molecule has 12 aromatic rings. The van der Waals surface area contributed by atoms with E-state index < -0.39 is 199 Å². The molecule has 0 aliphatic carbocycles. The van der Waals surface area contributed by atoms with Crippen molar-refractivity contribution in [3.05, 3.63) is 286 Å². The topological polar surface area (TPSA) is 426 Å². The first-order valence-corrected chi connectivity index (χ1v) is 45.5. The summed E-state index contributed by atoms with van der Waals surface area (Å²) in [7, 11) is 5.13. The van der Waals surface area contributed by atoms with Gasteiger partial charge in [-0.25, -0.2) is 19.3 Å². The second kappa shape index (κ2) is 42.3. The number of nitrogens with one attached hydrogen (secondary N) is 3. The quantitative estimate of drug-likeness (QED) is 0.0199. The zero-order chi connectivity index (χ0) is 108. The van der Waals surface area contributed by atoms with Crippen molar-refractivity contribution >= 4 is 151 Å². The number of hydrogen-bond acceptors (Lipinski definition) is 24. The van der Waals surface area contributed by atoms with Crippen LogP contribution in [0.1, 0.15) is 165 Å². The number of carbonyl (C=O) groups is 7. The highest BCUT2D eigenvalue weighted by Crippen LogP contribution is 2.49. The number of anilines is 4. The van der Waals surface area contributed by atoms with Crippen molar-refractivity contribution in [3.63, 3.8) is 0 Å². The van der Waals surface area contributed by atoms with Crippen molar-refractivity contribution in [2.45, 2.75) is 142 Å². The highest BCUT2D eigenvalue weighted by Gasteiger charge is 2.42. The molecule has 2 amide bonds. The monoisotopic (exact) mass is 2170 g/mol. The fraction of sp³-hybridized carbons (Fsp3) is 0.303. The Bertz CT molecular complexity index is 7600. The van der Waals surface area contributed by atoms with Gasteiger partial charge in [-0.1, -0.05) is 80.4 Å². The number of hydrogen-bond donors (Lipinski definition) is 9. The van der Waals surface area contributed by atoms with E-state index in [0.29, 0.717) is 65.0 Å². The maximum Gasteiger partial charge on any atom is 0.416 e. The Kier molecular flexibility index (Phi) is 31.7. The van der Waals surface area contributed by atoms with E-state index in [2.05, 4.69) is 52.2 Å². The lowest BCUT2D eigenvalue weighted by molar-refractivity contribution is -0.154. The number of alkyl halides is 12. The van der Waals surface area contributed by atoms with Crippen molar-refractivity contribution in [3.8, 4) is 23.0 Å². The summed E-state index contributed by atoms with van der Waals surface area (Å²) in [6, 6.07) is 28.3. The summed E-state index contributed by atoms with van der Waals surface area (Å²) in [5.74, 6) is -8.75. The molecule has 4 unspecified atom stereocenters. The second-order valence-electron chi connectivity index (χ2n) is 35.3. The molecule has 8 heterocycles. The second-order valence-corrected chi connectivity index (χ2v) is 37.1. The Labute approximate surface area is 836 Å². The van der Waals surface area contributed by atoms with Crippen LogP contribution in [0.5, 0.6) is 23.0 Å². The SMILES string of the molecule is CC(C)(C)OC(=O)CN.CCOC(=O)c1c(O)c2cc(Br)cc3c2n(c1=O)CC(c1ccc(C(F)(F)F)cc1)N3C.CN1c2cc(Br)cc3c(O)c(C(=O)NCC(=O)OC(C)(C)C)c(=O)n(c23)CC1c1ccc(C(F)(F)F)cc1.[C-]#[N+]c1cc2c3c(c1)c(O)c(C(=O)NCC(=O)O)c(=O)n3CC(c1ccc(C(F)(F)F)cc1)N2C.[C-]#[N+]c1cc2c3c(c1)c(O)c(C(=O)OCC)c(=O)n3CC(c1ccc(C(F)(F)F)cc1)N2. The van der Waals surface area contributed by atoms with Gasteiger partial charge in [0.05, 0.1) is 145 Å². The summed E-state index contributed by atoms with van der Waals surface area (Å²) in [5, 5.41) is 60.1. The normalized spacial score (nSPS) is 15.1. The van der Waals surface area contributed by atoms with E-state index in [1.54, 1.807) is 111 Å². The number of rotatable bonds is 15. The number of benzene rings is 8. The third kappa shape index (κ3) is 23.1. The standard InChI is InChI=1S/C26H25BrF3N3O5.C23H17F3N4O5.C22H18BrF3N2O4.C22H16F3N3O4.C6H13NO2/c1-25(2,3)38-19(34)11-31-23(36)20-22(35)16-9-15(27)10-17-21(16)33(24(20)37)12-18(32(17)4)13-5-7-14(8-6-13)26(28,29)30;1-27-13-7-14-19-15(8-13)29(2)16(11-3-5-12(6-4-11)23(24,25)26)10-30(19)22(35)18(20(14)33)21(34)28-9-17(31)32;1-3-32-21(31)17-19(29)14-8-13(23)9-15-18(14)28(20(17)30)10-16(27(15)2)11-4-6-12(7-5-11)22(24,25)26;1-3-32-21(31)17-19(29)14-8-13(26-2)9-15-18(14)28(20(17)30)10-16(27-15)11-4-6-12(7-5-11)22(23,24)25;1-6(2,3)9-5(8)4-7/h5-10,18,35H,11-12H2,1-4H3,(H,31,36);3-8,16,33H,9-10H2,2H3,(H,28,34)(H,31,32);4-9,16,29H,3,10H2,1-2H3;4-9,16,27,29H,3,10H2,1H3;4,7H2,1-3H3. The number of pyridine rings is 4. The molecule has 4 aromatic heterocycles. The van der Waals surface area contributed by atoms with E-state index in [9.17, 15) is 126 Å². The molecule has 16 rings (SSSR count). The van der Waals surface area contributed by atoms with Gasteiger partial charge in [0.2, 0.25) is 0 Å². The minimum atomic E-state index is -4.52. The number of nitrogens with two attached hydrogens (primary N) is 1. The first-order valence-electron chi connectivity index (χ1n) is 43.9. The highest BCUT2D eigenvalue weighted by molar-refractivity contribution is 9.10. The zero-order valence-electron chi connectivity index (χ0n) is 78.8. The molecular weight excluding hydrogens is 2080 g/mol. The molecular formula is C99H89Br2F12N13O20. The number of amides is 2. The van der Waals surface area contributed by atoms with Crippen molar-refractivity contribution in [2.24, 2.45) is 5.73 Å². The Hall–Kier alpha value is -15.7. The molecule has 0 saturated carbocycles. The van der Waals surface area contributed by atoms with Gasteiger partial charge in [0.15, 0.2) is 22.5 Å². The molecule has 0 fully saturated rings. The molecule has 768 valence electrons. The summed E-state index contributed by atoms with van der Waals surface area (Å²) >= 11 is 6.77. The van der Waals surface area contributed by atoms with E-state index in [-0.39, 0.29) is 95.9 Å². The third-order valence-electron chi connectivity index (χ3n) is 23.4. The van der Waals surface area contributed by atoms with Gasteiger partial charge in [0.25, 0.3) is 34.1 Å². The van der Waals surface area contributed by atoms with Gasteiger partial charge in [0, 0.05) is 57.3 Å². The molecule has 10 N–H and O–H groups in total. The molecule has 0 spiro atoms. The molecule has 0 bridgehead atoms. The summed E-state index contributed by atoms with van der Waals surface area (Å²) in [6.07, 6.45) is -17.9. The molecule has 8 aromatic carbocycles. The van der Waals surface area contributed by atoms with Gasteiger partial charge in [-0.2, -0.15) is 52.7 Å². The number of likely N-dealkylation sites (N-methyl/N-ethyl adjacent to an activating group) is 3. The summed E-state index contributed by atoms with van der Waals surface area (Å²) in [6.45, 7) is 26.9. The van der Waals surface area contributed by atoms with Gasteiger partial charge in [-0.3, -0.25) is 43.2 Å². The number of ether oxygens (including phenoxy) is 4. The average Bonchev–Trinajstić information content (AvgIpc) is 0.730. The van der Waals surface area contributed by atoms with Crippen LogP contribution in [-0.2, 0) is 84.2 Å². The molecule has 146 heavy (non-hydrogen) atoms. The van der Waals surface area contributed by atoms with Gasteiger partial charge in [-0.05, 0) is 175 Å². The number of carbonyl (C=O) groups excluding carboxylic acids is 6. The Morgan fingerprint density at radius 1 is 0.425 bits per heavy atom. The maximum atomic E-state index is 13.5. The predicted octanol–water partition coefficient (Wildman–Crippen LogP) is 17.8. The largest absolute Gasteiger partial charge is 0.506 e. The van der Waals surface area contributed by atoms with E-state index >= 15 is 0 Å². The maximum absolute atomic E-state index is 13.5. The summed E-state index contributed by atoms with van der Waals surface area (Å²) in [4.78, 5) is 149. The Morgan fingerprint density at radius 2 is 0.719 bits per heavy atom. The van der Waals surface area contributed by atoms with Crippen LogP contribution < -0.4 is 58.6 Å². The first kappa shape index (κ1) is 109. The van der Waals surface area contributed by atoms with Crippen molar-refractivity contribution in [1.82, 2.24) is 28.9 Å². The van der Waals surface area contributed by atoms with Crippen LogP contribution in [0, 0.1) is 13.1 Å². The van der Waals surface area contributed by atoms with E-state index in [0.717, 1.165) is 48.5 Å². The number of aromatic hydroxyl groups is 4. The molecule has 4 atom stereocenters. The van der Waals surface area contributed by atoms with Crippen LogP contribution in [0.3, 0.4) is 0 Å². The average molecular weight is 2170 g/mol. The van der Waals surface area contributed by atoms with Gasteiger partial charge in [-0.15, -0.1) is 0 Å². The number of aromatic nitrogens is 4. The van der Waals surface area contributed by atoms with Crippen LogP contribution in [-0.4, -0.2) is 151 Å². The number of aliphatic carboxylic acids is 1. The van der Waals surface area contributed by atoms with Gasteiger partial charge < -0.3 is 99.1 Å². The fourth-order valence-corrected chi connectivity index (χ4v) is 17.8. The van der Waals surface area contributed by atoms with Crippen molar-refractivity contribution < 1.29 is 131 Å². The molecule has 4 aliphatic heterocycles. The minimum absolute atomic E-state index is 0.00153. The smallest absolute Gasteiger partial charge is 0.416 e. The zero-order valence-corrected chi connectivity index (χ0v) is 82.0. The molecule has 33 nitrogen and oxygen atoms in total. The molecule has 4 aliphatic rings. The van der Waals surface area contributed by atoms with E-state index in [1.165, 1.54) is 91.1 Å². The number of esters is 4. The number of nitrogens with zero attached hydrogens (tertiary/aromatic N) is 9. The van der Waals surface area contributed by atoms with Gasteiger partial charge in [0.1, 0.15) is 58.4 Å². The van der Waals surface area contributed by atoms with Crippen LogP contribution in [0.2, 0.25) is 0 Å². The van der Waals surface area contributed by atoms with E-state index in [1.807, 2.05) is 10.2 Å². The molecule has 0 saturated heterocycles. The van der Waals surface area contributed by atoms with Crippen molar-refractivity contribution in [1.29, 1.82) is 0 Å². The fourth-order valence-electron chi connectivity index (χ4n) is 16.9. The Morgan fingerprint density at radius 3 is 1.03 bits per heavy atom. The molecule has 47 heteroatoms. The number of carboxylic acids is 1. The summed E-state index contributed by atoms with van der Waals surface area (Å²) < 4.78 is 182. The van der Waals surface area contributed by atoms with Crippen LogP contribution in [0.15, 0.2) is 174 Å². The van der Waals surface area contributed by atoms with Crippen LogP contribution in [0.4, 0.5) is 86.8 Å². The number of halogens is 14. The predicted molar refractivity (Wildman–Crippen MR) is 518 cm³/mol. The Balaban J connectivity index is 0.000000168. The lowest BCUT2D eigenvalue weighted by atomic mass is 9.97. The van der Waals surface area contributed by atoms with Crippen molar-refractivity contribution in [2.75, 3.05) is 74.0 Å². The third-order valence-corrected chi connectivity index (χ3v) is 24.4.